The van der Waals surface area contributed by atoms with Gasteiger partial charge >= 0.3 is 0 Å². The average Bonchev–Trinajstić information content (AvgIpc) is 3.36. The topological polar surface area (TPSA) is 117 Å². The number of benzene rings is 3. The summed E-state index contributed by atoms with van der Waals surface area (Å²) in [6.07, 6.45) is 1.40. The Bertz CT molecular complexity index is 1320. The van der Waals surface area contributed by atoms with Crippen molar-refractivity contribution >= 4 is 33.4 Å². The van der Waals surface area contributed by atoms with E-state index in [2.05, 4.69) is 20.3 Å². The van der Waals surface area contributed by atoms with Crippen LogP contribution in [0.3, 0.4) is 0 Å². The number of rotatable bonds is 7. The number of nitrogens with zero attached hydrogens (tertiary/aromatic N) is 1. The van der Waals surface area contributed by atoms with Crippen molar-refractivity contribution in [3.05, 3.63) is 84.4 Å². The summed E-state index contributed by atoms with van der Waals surface area (Å²) in [4.78, 5) is 28.9. The van der Waals surface area contributed by atoms with Gasteiger partial charge in [0.2, 0.25) is 5.91 Å². The van der Waals surface area contributed by atoms with Crippen molar-refractivity contribution in [2.75, 3.05) is 18.4 Å². The monoisotopic (exact) mass is 476 g/mol. The van der Waals surface area contributed by atoms with Gasteiger partial charge in [-0.05, 0) is 47.9 Å². The first-order valence-electron chi connectivity index (χ1n) is 10.8. The Hall–Kier alpha value is -3.98. The number of anilines is 1. The summed E-state index contributed by atoms with van der Waals surface area (Å²) in [5.41, 5.74) is 2.77. The van der Waals surface area contributed by atoms with Crippen molar-refractivity contribution in [1.82, 2.24) is 10.0 Å². The fraction of sp³-hybridized carbons (Fsp3) is 0.160. The van der Waals surface area contributed by atoms with Crippen molar-refractivity contribution in [1.29, 1.82) is 0 Å². The molecule has 0 aromatic heterocycles. The summed E-state index contributed by atoms with van der Waals surface area (Å²) in [6, 6.07) is 22.8. The maximum Gasteiger partial charge on any atom is 0.262 e. The molecule has 0 aliphatic carbocycles. The summed E-state index contributed by atoms with van der Waals surface area (Å²) in [7, 11) is -3.79. The Morgan fingerprint density at radius 2 is 1.62 bits per heavy atom. The van der Waals surface area contributed by atoms with Crippen LogP contribution in [0, 0.1) is 0 Å². The van der Waals surface area contributed by atoms with Gasteiger partial charge in [0.1, 0.15) is 5.84 Å². The van der Waals surface area contributed by atoms with Gasteiger partial charge in [-0.2, -0.15) is 0 Å². The standard InChI is InChI=1S/C25H24N4O4S/c30-24(17-27-25(31)20-13-11-19(12-14-20)18-6-2-1-3-7-18)28-21-8-4-9-22(16-21)34(32,33)29-23-10-5-15-26-23/h1-4,6-9,11-14,16H,5,10,15,17H2,(H,26,29)(H,27,31)(H,28,30). The molecule has 0 saturated heterocycles. The largest absolute Gasteiger partial charge is 0.343 e. The third-order valence-electron chi connectivity index (χ3n) is 5.22. The van der Waals surface area contributed by atoms with Gasteiger partial charge in [0, 0.05) is 24.2 Å². The van der Waals surface area contributed by atoms with Crippen LogP contribution in [0.2, 0.25) is 0 Å². The third-order valence-corrected chi connectivity index (χ3v) is 6.60. The lowest BCUT2D eigenvalue weighted by molar-refractivity contribution is -0.115. The molecule has 3 N–H and O–H groups in total. The normalized spacial score (nSPS) is 13.1. The molecular formula is C25H24N4O4S. The molecule has 2 amide bonds. The molecule has 4 rings (SSSR count). The first-order valence-corrected chi connectivity index (χ1v) is 12.3. The molecule has 1 aliphatic rings. The van der Waals surface area contributed by atoms with Gasteiger partial charge in [0.15, 0.2) is 0 Å². The molecule has 34 heavy (non-hydrogen) atoms. The van der Waals surface area contributed by atoms with Gasteiger partial charge in [-0.3, -0.25) is 19.3 Å². The number of carbonyl (C=O) groups is 2. The quantitative estimate of drug-likeness (QED) is 0.485. The molecule has 0 atom stereocenters. The van der Waals surface area contributed by atoms with Gasteiger partial charge in [0.05, 0.1) is 11.4 Å². The highest BCUT2D eigenvalue weighted by molar-refractivity contribution is 7.90. The third kappa shape index (κ3) is 5.87. The maximum atomic E-state index is 12.6. The van der Waals surface area contributed by atoms with E-state index in [0.29, 0.717) is 30.1 Å². The Morgan fingerprint density at radius 1 is 0.882 bits per heavy atom. The van der Waals surface area contributed by atoms with Gasteiger partial charge in [0.25, 0.3) is 15.9 Å². The van der Waals surface area contributed by atoms with Crippen LogP contribution in [0.15, 0.2) is 88.8 Å². The van der Waals surface area contributed by atoms with E-state index in [1.54, 1.807) is 18.2 Å². The number of nitrogens with one attached hydrogen (secondary N) is 3. The number of carbonyl (C=O) groups excluding carboxylic acids is 2. The molecule has 8 nitrogen and oxygen atoms in total. The van der Waals surface area contributed by atoms with Crippen LogP contribution in [0.25, 0.3) is 11.1 Å². The molecule has 1 heterocycles. The van der Waals surface area contributed by atoms with Crippen molar-refractivity contribution < 1.29 is 18.0 Å². The summed E-state index contributed by atoms with van der Waals surface area (Å²) < 4.78 is 27.6. The average molecular weight is 477 g/mol. The molecule has 0 fully saturated rings. The fourth-order valence-electron chi connectivity index (χ4n) is 3.49. The van der Waals surface area contributed by atoms with E-state index < -0.39 is 15.9 Å². The molecule has 0 bridgehead atoms. The van der Waals surface area contributed by atoms with Gasteiger partial charge in [-0.1, -0.05) is 48.5 Å². The lowest BCUT2D eigenvalue weighted by Crippen LogP contribution is -2.33. The van der Waals surface area contributed by atoms with E-state index in [1.807, 2.05) is 42.5 Å². The van der Waals surface area contributed by atoms with E-state index >= 15 is 0 Å². The zero-order chi connectivity index (χ0) is 24.0. The first kappa shape index (κ1) is 23.2. The van der Waals surface area contributed by atoms with Crippen LogP contribution < -0.4 is 15.4 Å². The Morgan fingerprint density at radius 3 is 2.32 bits per heavy atom. The lowest BCUT2D eigenvalue weighted by Gasteiger charge is -2.11. The molecule has 1 aliphatic heterocycles. The van der Waals surface area contributed by atoms with Crippen molar-refractivity contribution in [2.24, 2.45) is 4.99 Å². The number of sulfonamides is 1. The summed E-state index contributed by atoms with van der Waals surface area (Å²) in [6.45, 7) is 0.349. The minimum absolute atomic E-state index is 0.0161. The molecule has 0 unspecified atom stereocenters. The minimum atomic E-state index is -3.79. The second-order valence-electron chi connectivity index (χ2n) is 7.74. The molecule has 0 saturated carbocycles. The van der Waals surface area contributed by atoms with Gasteiger partial charge in [-0.15, -0.1) is 0 Å². The van der Waals surface area contributed by atoms with Crippen LogP contribution in [-0.4, -0.2) is 39.2 Å². The Balaban J connectivity index is 1.32. The Kier molecular flexibility index (Phi) is 7.03. The predicted octanol–water partition coefficient (Wildman–Crippen LogP) is 3.19. The molecular weight excluding hydrogens is 452 g/mol. The van der Waals surface area contributed by atoms with Crippen LogP contribution >= 0.6 is 0 Å². The number of hydrogen-bond donors (Lipinski definition) is 3. The summed E-state index contributed by atoms with van der Waals surface area (Å²) in [5, 5.41) is 5.18. The zero-order valence-corrected chi connectivity index (χ0v) is 19.1. The van der Waals surface area contributed by atoms with E-state index in [4.69, 9.17) is 0 Å². The first-order chi connectivity index (χ1) is 16.4. The predicted molar refractivity (Wildman–Crippen MR) is 131 cm³/mol. The number of amidine groups is 1. The minimum Gasteiger partial charge on any atom is -0.343 e. The van der Waals surface area contributed by atoms with E-state index in [9.17, 15) is 18.0 Å². The molecule has 174 valence electrons. The highest BCUT2D eigenvalue weighted by atomic mass is 32.2. The molecule has 3 aromatic rings. The van der Waals surface area contributed by atoms with Crippen LogP contribution in [0.5, 0.6) is 0 Å². The summed E-state index contributed by atoms with van der Waals surface area (Å²) >= 11 is 0. The second-order valence-corrected chi connectivity index (χ2v) is 9.42. The second kappa shape index (κ2) is 10.3. The fourth-order valence-corrected chi connectivity index (χ4v) is 4.62. The molecule has 0 spiro atoms. The highest BCUT2D eigenvalue weighted by Gasteiger charge is 2.19. The maximum absolute atomic E-state index is 12.6. The molecule has 0 radical (unpaired) electrons. The van der Waals surface area contributed by atoms with E-state index in [-0.39, 0.29) is 17.3 Å². The van der Waals surface area contributed by atoms with Gasteiger partial charge in [-0.25, -0.2) is 8.42 Å². The van der Waals surface area contributed by atoms with Crippen LogP contribution in [-0.2, 0) is 14.8 Å². The van der Waals surface area contributed by atoms with Crippen LogP contribution in [0.4, 0.5) is 5.69 Å². The Labute approximate surface area is 198 Å². The van der Waals surface area contributed by atoms with E-state index in [0.717, 1.165) is 17.5 Å². The van der Waals surface area contributed by atoms with E-state index in [1.165, 1.54) is 18.2 Å². The summed E-state index contributed by atoms with van der Waals surface area (Å²) in [5.74, 6) is -0.418. The highest BCUT2D eigenvalue weighted by Crippen LogP contribution is 2.19. The SMILES string of the molecule is O=C(CNC(=O)c1ccc(-c2ccccc2)cc1)Nc1cccc(S(=O)(=O)NC2=NCCC2)c1. The van der Waals surface area contributed by atoms with Crippen molar-refractivity contribution in [2.45, 2.75) is 17.7 Å². The zero-order valence-electron chi connectivity index (χ0n) is 18.3. The molecule has 9 heteroatoms. The number of amides is 2. The lowest BCUT2D eigenvalue weighted by atomic mass is 10.0. The van der Waals surface area contributed by atoms with Crippen molar-refractivity contribution in [3.63, 3.8) is 0 Å². The van der Waals surface area contributed by atoms with Gasteiger partial charge < -0.3 is 10.6 Å². The van der Waals surface area contributed by atoms with Crippen molar-refractivity contribution in [3.8, 4) is 11.1 Å². The molecule has 3 aromatic carbocycles. The number of aliphatic imine (C=N–C) groups is 1. The van der Waals surface area contributed by atoms with Crippen LogP contribution in [0.1, 0.15) is 23.2 Å². The smallest absolute Gasteiger partial charge is 0.262 e. The number of hydrogen-bond acceptors (Lipinski definition) is 5.